The van der Waals surface area contributed by atoms with Crippen LogP contribution in [0.2, 0.25) is 0 Å². The van der Waals surface area contributed by atoms with E-state index in [0.717, 1.165) is 0 Å². The molecule has 13 nitrogen and oxygen atoms in total. The van der Waals surface area contributed by atoms with Gasteiger partial charge in [0.05, 0.1) is 12.5 Å². The maximum atomic E-state index is 13.2. The van der Waals surface area contributed by atoms with E-state index in [2.05, 4.69) is 16.0 Å². The number of primary amides is 1. The number of carboxylic acids is 2. The van der Waals surface area contributed by atoms with Crippen molar-refractivity contribution in [3.05, 3.63) is 35.9 Å². The van der Waals surface area contributed by atoms with Gasteiger partial charge in [0.25, 0.3) is 0 Å². The summed E-state index contributed by atoms with van der Waals surface area (Å²) in [5, 5.41) is 25.2. The van der Waals surface area contributed by atoms with E-state index in [1.54, 1.807) is 37.3 Å². The van der Waals surface area contributed by atoms with Gasteiger partial charge in [0.15, 0.2) is 0 Å². The molecule has 13 heteroatoms. The maximum Gasteiger partial charge on any atom is 0.326 e. The van der Waals surface area contributed by atoms with Gasteiger partial charge in [0.1, 0.15) is 18.1 Å². The number of amides is 4. The third kappa shape index (κ3) is 11.1. The molecule has 37 heavy (non-hydrogen) atoms. The van der Waals surface area contributed by atoms with E-state index in [1.807, 2.05) is 6.92 Å². The second kappa shape index (κ2) is 15.2. The molecule has 0 bridgehead atoms. The molecule has 0 spiro atoms. The summed E-state index contributed by atoms with van der Waals surface area (Å²) in [6.45, 7) is 3.65. The number of carbonyl (C=O) groups excluding carboxylic acids is 4. The van der Waals surface area contributed by atoms with Gasteiger partial charge in [-0.05, 0) is 17.9 Å². The first-order valence-electron chi connectivity index (χ1n) is 11.8. The standard InChI is InChI=1S/C24H35N5O8/c1-3-13(2)20(26)23(35)29-16(11-14-7-5-4-6-8-14)21(33)28-17(12-18(25)30)22(34)27-15(24(36)37)9-10-19(31)32/h4-8,13,15-17,20H,3,9-12,26H2,1-2H3,(H2,25,30)(H,27,34)(H,28,33)(H,29,35)(H,31,32)(H,36,37). The molecule has 0 saturated carbocycles. The summed E-state index contributed by atoms with van der Waals surface area (Å²) >= 11 is 0. The van der Waals surface area contributed by atoms with Gasteiger partial charge in [-0.15, -0.1) is 0 Å². The Morgan fingerprint density at radius 3 is 1.92 bits per heavy atom. The number of nitrogens with two attached hydrogens (primary N) is 2. The van der Waals surface area contributed by atoms with Crippen LogP contribution >= 0.6 is 0 Å². The summed E-state index contributed by atoms with van der Waals surface area (Å²) in [7, 11) is 0. The van der Waals surface area contributed by atoms with Crippen LogP contribution in [0.4, 0.5) is 0 Å². The predicted molar refractivity (Wildman–Crippen MR) is 132 cm³/mol. The number of carbonyl (C=O) groups is 6. The topological polar surface area (TPSA) is 231 Å². The number of benzene rings is 1. The smallest absolute Gasteiger partial charge is 0.326 e. The fourth-order valence-electron chi connectivity index (χ4n) is 3.32. The van der Waals surface area contributed by atoms with Gasteiger partial charge in [0, 0.05) is 12.8 Å². The predicted octanol–water partition coefficient (Wildman–Crippen LogP) is -1.12. The van der Waals surface area contributed by atoms with Crippen molar-refractivity contribution in [2.45, 2.75) is 70.1 Å². The summed E-state index contributed by atoms with van der Waals surface area (Å²) in [4.78, 5) is 72.5. The van der Waals surface area contributed by atoms with E-state index in [1.165, 1.54) is 0 Å². The molecule has 5 atom stereocenters. The van der Waals surface area contributed by atoms with Crippen LogP contribution in [0.25, 0.3) is 0 Å². The summed E-state index contributed by atoms with van der Waals surface area (Å²) in [5.41, 5.74) is 11.9. The van der Waals surface area contributed by atoms with Gasteiger partial charge in [-0.25, -0.2) is 4.79 Å². The van der Waals surface area contributed by atoms with Crippen molar-refractivity contribution in [1.29, 1.82) is 0 Å². The summed E-state index contributed by atoms with van der Waals surface area (Å²) in [6.07, 6.45) is -0.967. The minimum atomic E-state index is -1.58. The van der Waals surface area contributed by atoms with Crippen LogP contribution in [-0.2, 0) is 35.2 Å². The van der Waals surface area contributed by atoms with Crippen molar-refractivity contribution < 1.29 is 39.0 Å². The molecule has 0 aliphatic carbocycles. The van der Waals surface area contributed by atoms with Crippen molar-refractivity contribution in [1.82, 2.24) is 16.0 Å². The number of rotatable bonds is 16. The fraction of sp³-hybridized carbons (Fsp3) is 0.500. The zero-order chi connectivity index (χ0) is 28.1. The first-order chi connectivity index (χ1) is 17.3. The minimum Gasteiger partial charge on any atom is -0.481 e. The second-order valence-corrected chi connectivity index (χ2v) is 8.73. The largest absolute Gasteiger partial charge is 0.481 e. The maximum absolute atomic E-state index is 13.2. The highest BCUT2D eigenvalue weighted by Gasteiger charge is 2.32. The molecule has 204 valence electrons. The monoisotopic (exact) mass is 521 g/mol. The lowest BCUT2D eigenvalue weighted by Gasteiger charge is -2.26. The molecule has 0 aliphatic heterocycles. The summed E-state index contributed by atoms with van der Waals surface area (Å²) < 4.78 is 0. The van der Waals surface area contributed by atoms with Crippen LogP contribution in [0, 0.1) is 5.92 Å². The molecular formula is C24H35N5O8. The van der Waals surface area contributed by atoms with E-state index in [9.17, 15) is 33.9 Å². The van der Waals surface area contributed by atoms with E-state index in [0.29, 0.717) is 12.0 Å². The minimum absolute atomic E-state index is 0.0346. The molecule has 0 saturated heterocycles. The molecule has 0 radical (unpaired) electrons. The number of carboxylic acid groups (broad SMARTS) is 2. The number of nitrogens with one attached hydrogen (secondary N) is 3. The van der Waals surface area contributed by atoms with Crippen LogP contribution in [0.3, 0.4) is 0 Å². The van der Waals surface area contributed by atoms with Crippen molar-refractivity contribution in [2.75, 3.05) is 0 Å². The first-order valence-corrected chi connectivity index (χ1v) is 11.8. The Labute approximate surface area is 214 Å². The summed E-state index contributed by atoms with van der Waals surface area (Å²) in [6, 6.07) is 3.48. The third-order valence-corrected chi connectivity index (χ3v) is 5.78. The molecule has 9 N–H and O–H groups in total. The van der Waals surface area contributed by atoms with Gasteiger partial charge in [-0.3, -0.25) is 24.0 Å². The highest BCUT2D eigenvalue weighted by atomic mass is 16.4. The Morgan fingerprint density at radius 2 is 1.41 bits per heavy atom. The Balaban J connectivity index is 3.12. The number of hydrogen-bond acceptors (Lipinski definition) is 7. The quantitative estimate of drug-likeness (QED) is 0.139. The number of hydrogen-bond donors (Lipinski definition) is 7. The van der Waals surface area contributed by atoms with E-state index in [4.69, 9.17) is 16.6 Å². The van der Waals surface area contributed by atoms with Crippen molar-refractivity contribution in [2.24, 2.45) is 17.4 Å². The van der Waals surface area contributed by atoms with Crippen molar-refractivity contribution >= 4 is 35.6 Å². The van der Waals surface area contributed by atoms with Gasteiger partial charge < -0.3 is 37.6 Å². The Hall–Kier alpha value is -4.00. The lowest BCUT2D eigenvalue weighted by atomic mass is 9.98. The molecular weight excluding hydrogens is 486 g/mol. The Bertz CT molecular complexity index is 971. The van der Waals surface area contributed by atoms with Gasteiger partial charge in [-0.2, -0.15) is 0 Å². The van der Waals surface area contributed by atoms with Gasteiger partial charge in [-0.1, -0.05) is 50.6 Å². The molecule has 0 fully saturated rings. The van der Waals surface area contributed by atoms with Crippen molar-refractivity contribution in [3.63, 3.8) is 0 Å². The van der Waals surface area contributed by atoms with Crippen molar-refractivity contribution in [3.8, 4) is 0 Å². The number of aliphatic carboxylic acids is 2. The van der Waals surface area contributed by atoms with E-state index >= 15 is 0 Å². The van der Waals surface area contributed by atoms with Crippen LogP contribution in [0.1, 0.15) is 45.1 Å². The second-order valence-electron chi connectivity index (χ2n) is 8.73. The fourth-order valence-corrected chi connectivity index (χ4v) is 3.32. The van der Waals surface area contributed by atoms with Gasteiger partial charge in [0.2, 0.25) is 23.6 Å². The summed E-state index contributed by atoms with van der Waals surface area (Å²) in [5.74, 6) is -6.35. The first kappa shape index (κ1) is 31.0. The SMILES string of the molecule is CCC(C)C(N)C(=O)NC(Cc1ccccc1)C(=O)NC(CC(N)=O)C(=O)NC(CCC(=O)O)C(=O)O. The lowest BCUT2D eigenvalue weighted by Crippen LogP contribution is -2.58. The zero-order valence-electron chi connectivity index (χ0n) is 20.8. The normalized spacial score (nSPS) is 14.8. The molecule has 0 heterocycles. The van der Waals surface area contributed by atoms with Gasteiger partial charge >= 0.3 is 11.9 Å². The average molecular weight is 522 g/mol. The zero-order valence-corrected chi connectivity index (χ0v) is 20.8. The third-order valence-electron chi connectivity index (χ3n) is 5.78. The van der Waals surface area contributed by atoms with E-state index in [-0.39, 0.29) is 12.3 Å². The molecule has 0 aliphatic rings. The van der Waals surface area contributed by atoms with Crippen LogP contribution < -0.4 is 27.4 Å². The molecule has 1 aromatic rings. The lowest BCUT2D eigenvalue weighted by molar-refractivity contribution is -0.143. The molecule has 5 unspecified atom stereocenters. The molecule has 1 rings (SSSR count). The Morgan fingerprint density at radius 1 is 0.865 bits per heavy atom. The van der Waals surface area contributed by atoms with Crippen LogP contribution in [-0.4, -0.2) is 69.9 Å². The van der Waals surface area contributed by atoms with Crippen LogP contribution in [0.5, 0.6) is 0 Å². The molecule has 4 amide bonds. The molecule has 0 aromatic heterocycles. The molecule has 1 aromatic carbocycles. The Kier molecular flexibility index (Phi) is 12.7. The highest BCUT2D eigenvalue weighted by Crippen LogP contribution is 2.09. The van der Waals surface area contributed by atoms with E-state index < -0.39 is 79.0 Å². The van der Waals surface area contributed by atoms with Crippen LogP contribution in [0.15, 0.2) is 30.3 Å². The highest BCUT2D eigenvalue weighted by molar-refractivity contribution is 5.96. The average Bonchev–Trinajstić information content (AvgIpc) is 2.84.